The molecule has 0 atom stereocenters. The maximum atomic E-state index is 6.09. The highest BCUT2D eigenvalue weighted by Crippen LogP contribution is 2.41. The van der Waals surface area contributed by atoms with E-state index in [1.807, 2.05) is 42.5 Å². The molecule has 1 aromatic heterocycles. The van der Waals surface area contributed by atoms with Crippen LogP contribution in [0.1, 0.15) is 12.8 Å². The Bertz CT molecular complexity index is 1090. The zero-order valence-electron chi connectivity index (χ0n) is 19.7. The summed E-state index contributed by atoms with van der Waals surface area (Å²) in [7, 11) is 4.88. The third kappa shape index (κ3) is 6.24. The third-order valence-electron chi connectivity index (χ3n) is 5.46. The summed E-state index contributed by atoms with van der Waals surface area (Å²) in [6, 6.07) is 13.5. The number of likely N-dealkylation sites (tertiary alicyclic amines) is 1. The molecule has 0 spiro atoms. The first-order chi connectivity index (χ1) is 16.7. The van der Waals surface area contributed by atoms with Crippen LogP contribution >= 0.6 is 11.8 Å². The summed E-state index contributed by atoms with van der Waals surface area (Å²) >= 11 is 1.54. The minimum absolute atomic E-state index is 0.475. The fraction of sp³-hybridized carbons (Fsp3) is 0.360. The smallest absolute Gasteiger partial charge is 0.228 e. The summed E-state index contributed by atoms with van der Waals surface area (Å²) in [6.07, 6.45) is 4.24. The Hall–Kier alpha value is -3.17. The number of nitrogens with one attached hydrogen (secondary N) is 1. The molecule has 0 unspecified atom stereocenters. The van der Waals surface area contributed by atoms with Crippen molar-refractivity contribution in [3.63, 3.8) is 0 Å². The average molecular weight is 483 g/mol. The third-order valence-corrected chi connectivity index (χ3v) is 6.38. The summed E-state index contributed by atoms with van der Waals surface area (Å²) in [6.45, 7) is 3.72. The van der Waals surface area contributed by atoms with E-state index in [1.165, 1.54) is 24.6 Å². The van der Waals surface area contributed by atoms with Gasteiger partial charge in [-0.15, -0.1) is 0 Å². The molecule has 1 aliphatic heterocycles. The Morgan fingerprint density at radius 1 is 0.971 bits per heavy atom. The first-order valence-corrected chi connectivity index (χ1v) is 12.0. The van der Waals surface area contributed by atoms with Gasteiger partial charge in [-0.1, -0.05) is 17.8 Å². The number of ether oxygens (including phenoxy) is 4. The van der Waals surface area contributed by atoms with Crippen molar-refractivity contribution in [2.45, 2.75) is 22.8 Å². The topological polar surface area (TPSA) is 78.0 Å². The van der Waals surface area contributed by atoms with Crippen molar-refractivity contribution < 1.29 is 18.9 Å². The van der Waals surface area contributed by atoms with E-state index >= 15 is 0 Å². The van der Waals surface area contributed by atoms with Crippen LogP contribution in [0, 0.1) is 0 Å². The molecule has 9 heteroatoms. The van der Waals surface area contributed by atoms with Crippen molar-refractivity contribution in [2.24, 2.45) is 0 Å². The van der Waals surface area contributed by atoms with Crippen LogP contribution in [0.5, 0.6) is 23.0 Å². The van der Waals surface area contributed by atoms with Gasteiger partial charge in [0.2, 0.25) is 11.7 Å². The van der Waals surface area contributed by atoms with Crippen LogP contribution in [0.2, 0.25) is 0 Å². The Balaban J connectivity index is 1.49. The molecule has 2 aromatic carbocycles. The molecule has 3 aromatic rings. The van der Waals surface area contributed by atoms with Crippen molar-refractivity contribution in [1.29, 1.82) is 0 Å². The number of rotatable bonds is 11. The molecule has 0 radical (unpaired) electrons. The summed E-state index contributed by atoms with van der Waals surface area (Å²) in [4.78, 5) is 12.5. The van der Waals surface area contributed by atoms with Gasteiger partial charge in [0, 0.05) is 35.5 Å². The molecule has 34 heavy (non-hydrogen) atoms. The average Bonchev–Trinajstić information content (AvgIpc) is 3.37. The Morgan fingerprint density at radius 2 is 1.79 bits per heavy atom. The predicted molar refractivity (Wildman–Crippen MR) is 133 cm³/mol. The van der Waals surface area contributed by atoms with Crippen molar-refractivity contribution in [3.05, 3.63) is 48.7 Å². The molecule has 1 fully saturated rings. The van der Waals surface area contributed by atoms with Crippen LogP contribution in [0.4, 0.5) is 11.6 Å². The lowest BCUT2D eigenvalue weighted by atomic mass is 10.2. The van der Waals surface area contributed by atoms with Crippen molar-refractivity contribution in [2.75, 3.05) is 52.9 Å². The van der Waals surface area contributed by atoms with E-state index in [9.17, 15) is 0 Å². The quantitative estimate of drug-likeness (QED) is 0.385. The molecular formula is C25H30N4O4S. The van der Waals surface area contributed by atoms with Crippen LogP contribution < -0.4 is 24.3 Å². The Morgan fingerprint density at radius 3 is 2.56 bits per heavy atom. The normalized spacial score (nSPS) is 13.5. The highest BCUT2D eigenvalue weighted by Gasteiger charge is 2.16. The maximum absolute atomic E-state index is 6.09. The lowest BCUT2D eigenvalue weighted by Gasteiger charge is -2.18. The van der Waals surface area contributed by atoms with Gasteiger partial charge in [0.25, 0.3) is 0 Å². The Labute approximate surface area is 204 Å². The number of anilines is 2. The highest BCUT2D eigenvalue weighted by molar-refractivity contribution is 7.99. The molecule has 4 rings (SSSR count). The fourth-order valence-corrected chi connectivity index (χ4v) is 4.60. The van der Waals surface area contributed by atoms with E-state index in [-0.39, 0.29) is 0 Å². The predicted octanol–water partition coefficient (Wildman–Crippen LogP) is 4.87. The van der Waals surface area contributed by atoms with Crippen molar-refractivity contribution >= 4 is 23.4 Å². The van der Waals surface area contributed by atoms with Crippen molar-refractivity contribution in [3.8, 4) is 23.0 Å². The van der Waals surface area contributed by atoms with E-state index in [4.69, 9.17) is 18.9 Å². The van der Waals surface area contributed by atoms with Crippen LogP contribution in [0.15, 0.2) is 58.6 Å². The number of methoxy groups -OCH3 is 3. The number of hydrogen-bond acceptors (Lipinski definition) is 9. The lowest BCUT2D eigenvalue weighted by molar-refractivity contribution is 0.228. The van der Waals surface area contributed by atoms with Gasteiger partial charge in [-0.05, 0) is 50.2 Å². The van der Waals surface area contributed by atoms with Crippen LogP contribution in [-0.2, 0) is 0 Å². The summed E-state index contributed by atoms with van der Waals surface area (Å²) in [5, 5.41) is 4.08. The van der Waals surface area contributed by atoms with Crippen LogP contribution in [0.25, 0.3) is 0 Å². The van der Waals surface area contributed by atoms with E-state index in [0.29, 0.717) is 29.8 Å². The second kappa shape index (κ2) is 11.8. The Kier molecular flexibility index (Phi) is 8.32. The number of aromatic nitrogens is 2. The number of benzene rings is 2. The number of hydrogen-bond donors (Lipinski definition) is 1. The molecule has 0 saturated carbocycles. The van der Waals surface area contributed by atoms with Gasteiger partial charge in [-0.3, -0.25) is 4.90 Å². The van der Waals surface area contributed by atoms with Crippen molar-refractivity contribution in [1.82, 2.24) is 14.9 Å². The van der Waals surface area contributed by atoms with Gasteiger partial charge < -0.3 is 24.3 Å². The van der Waals surface area contributed by atoms with E-state index in [2.05, 4.69) is 20.2 Å². The van der Waals surface area contributed by atoms with Gasteiger partial charge >= 0.3 is 0 Å². The molecule has 0 bridgehead atoms. The van der Waals surface area contributed by atoms with Crippen LogP contribution in [-0.4, -0.2) is 62.4 Å². The molecule has 1 aliphatic rings. The van der Waals surface area contributed by atoms with Crippen LogP contribution in [0.3, 0.4) is 0 Å². The second-order valence-corrected chi connectivity index (χ2v) is 8.83. The summed E-state index contributed by atoms with van der Waals surface area (Å²) < 4.78 is 22.5. The molecule has 2 heterocycles. The van der Waals surface area contributed by atoms with E-state index in [1.54, 1.807) is 27.5 Å². The largest absolute Gasteiger partial charge is 0.497 e. The van der Waals surface area contributed by atoms with Gasteiger partial charge in [-0.25, -0.2) is 9.97 Å². The molecule has 0 aliphatic carbocycles. The molecule has 0 amide bonds. The minimum Gasteiger partial charge on any atom is -0.497 e. The maximum Gasteiger partial charge on any atom is 0.228 e. The first kappa shape index (κ1) is 24.0. The zero-order chi connectivity index (χ0) is 23.8. The standard InChI is InChI=1S/C25H30N4O4S/c1-30-19-7-6-8-20(17-19)34-23-9-10-26-25(28-23)27-18-15-21(31-2)24(32-3)22(16-18)33-14-13-29-11-4-5-12-29/h6-10,15-17H,4-5,11-14H2,1-3H3,(H,26,27,28). The van der Waals surface area contributed by atoms with Gasteiger partial charge in [0.1, 0.15) is 17.4 Å². The molecule has 1 N–H and O–H groups in total. The first-order valence-electron chi connectivity index (χ1n) is 11.2. The summed E-state index contributed by atoms with van der Waals surface area (Å²) in [5.74, 6) is 3.04. The fourth-order valence-electron chi connectivity index (χ4n) is 3.77. The lowest BCUT2D eigenvalue weighted by Crippen LogP contribution is -2.25. The molecular weight excluding hydrogens is 452 g/mol. The number of nitrogens with zero attached hydrogens (tertiary/aromatic N) is 3. The monoisotopic (exact) mass is 482 g/mol. The van der Waals surface area contributed by atoms with Gasteiger partial charge in [0.15, 0.2) is 11.5 Å². The molecule has 180 valence electrons. The van der Waals surface area contributed by atoms with E-state index in [0.717, 1.165) is 41.0 Å². The zero-order valence-corrected chi connectivity index (χ0v) is 20.6. The van der Waals surface area contributed by atoms with E-state index < -0.39 is 0 Å². The van der Waals surface area contributed by atoms with Gasteiger partial charge in [-0.2, -0.15) is 0 Å². The molecule has 1 saturated heterocycles. The highest BCUT2D eigenvalue weighted by atomic mass is 32.2. The molecule has 8 nitrogen and oxygen atoms in total. The minimum atomic E-state index is 0.475. The van der Waals surface area contributed by atoms with Gasteiger partial charge in [0.05, 0.1) is 21.3 Å². The summed E-state index contributed by atoms with van der Waals surface area (Å²) in [5.41, 5.74) is 0.748. The second-order valence-electron chi connectivity index (χ2n) is 7.73. The SMILES string of the molecule is COc1cccc(Sc2ccnc(Nc3cc(OC)c(OC)c(OCCN4CCCC4)c3)n2)c1.